The van der Waals surface area contributed by atoms with E-state index in [-0.39, 0.29) is 5.41 Å². The van der Waals surface area contributed by atoms with Crippen LogP contribution in [0.4, 0.5) is 0 Å². The first kappa shape index (κ1) is 11.0. The molecule has 0 aromatic rings. The minimum absolute atomic E-state index is 0.353. The molecule has 15 heavy (non-hydrogen) atoms. The van der Waals surface area contributed by atoms with Crippen LogP contribution in [0.3, 0.4) is 0 Å². The molecule has 2 nitrogen and oxygen atoms in total. The number of carboxylic acids is 1. The second-order valence-corrected chi connectivity index (χ2v) is 6.27. The Balaban J connectivity index is 2.23. The summed E-state index contributed by atoms with van der Waals surface area (Å²) in [7, 11) is 0. The number of carboxylic acid groups (broad SMARTS) is 1. The predicted molar refractivity (Wildman–Crippen MR) is 59.7 cm³/mol. The van der Waals surface area contributed by atoms with Gasteiger partial charge in [0.05, 0.1) is 5.41 Å². The Labute approximate surface area is 92.1 Å². The highest BCUT2D eigenvalue weighted by atomic mass is 16.4. The van der Waals surface area contributed by atoms with Crippen LogP contribution in [0.15, 0.2) is 0 Å². The van der Waals surface area contributed by atoms with E-state index < -0.39 is 5.97 Å². The third kappa shape index (κ3) is 1.79. The molecule has 2 aliphatic carbocycles. The van der Waals surface area contributed by atoms with Gasteiger partial charge in [-0.05, 0) is 43.4 Å². The summed E-state index contributed by atoms with van der Waals surface area (Å²) in [5, 5.41) is 9.49. The van der Waals surface area contributed by atoms with Crippen LogP contribution in [0.2, 0.25) is 0 Å². The molecule has 0 spiro atoms. The van der Waals surface area contributed by atoms with Gasteiger partial charge in [-0.1, -0.05) is 26.7 Å². The third-order valence-electron chi connectivity index (χ3n) is 4.68. The number of hydrogen-bond donors (Lipinski definition) is 1. The Morgan fingerprint density at radius 3 is 2.60 bits per heavy atom. The highest BCUT2D eigenvalue weighted by Crippen LogP contribution is 2.55. The SMILES string of the molecule is CC1(C)CCC2(C(=O)O)CCCCC2C1. The van der Waals surface area contributed by atoms with Crippen molar-refractivity contribution in [1.82, 2.24) is 0 Å². The monoisotopic (exact) mass is 210 g/mol. The summed E-state index contributed by atoms with van der Waals surface area (Å²) in [5.41, 5.74) is 0.00866. The van der Waals surface area contributed by atoms with Crippen molar-refractivity contribution >= 4 is 5.97 Å². The fourth-order valence-corrected chi connectivity index (χ4v) is 3.66. The lowest BCUT2D eigenvalue weighted by Gasteiger charge is -2.49. The molecule has 2 rings (SSSR count). The number of aliphatic carboxylic acids is 1. The molecule has 0 heterocycles. The Hall–Kier alpha value is -0.530. The van der Waals surface area contributed by atoms with Crippen LogP contribution in [0.25, 0.3) is 0 Å². The molecule has 0 amide bonds. The van der Waals surface area contributed by atoms with Gasteiger partial charge in [0, 0.05) is 0 Å². The van der Waals surface area contributed by atoms with Crippen molar-refractivity contribution in [3.8, 4) is 0 Å². The van der Waals surface area contributed by atoms with E-state index in [1.807, 2.05) is 0 Å². The van der Waals surface area contributed by atoms with Gasteiger partial charge in [-0.15, -0.1) is 0 Å². The van der Waals surface area contributed by atoms with Crippen LogP contribution in [0.1, 0.15) is 58.8 Å². The fourth-order valence-electron chi connectivity index (χ4n) is 3.66. The molecule has 2 saturated carbocycles. The van der Waals surface area contributed by atoms with Crippen LogP contribution >= 0.6 is 0 Å². The van der Waals surface area contributed by atoms with Gasteiger partial charge in [0.2, 0.25) is 0 Å². The maximum atomic E-state index is 11.5. The Kier molecular flexibility index (Phi) is 2.56. The van der Waals surface area contributed by atoms with Crippen LogP contribution in [0.5, 0.6) is 0 Å². The van der Waals surface area contributed by atoms with E-state index in [1.165, 1.54) is 6.42 Å². The summed E-state index contributed by atoms with van der Waals surface area (Å²) < 4.78 is 0. The first-order chi connectivity index (χ1) is 6.96. The molecule has 0 aromatic carbocycles. The van der Waals surface area contributed by atoms with Gasteiger partial charge in [0.25, 0.3) is 0 Å². The number of fused-ring (bicyclic) bond motifs is 1. The summed E-state index contributed by atoms with van der Waals surface area (Å²) in [6.45, 7) is 4.57. The van der Waals surface area contributed by atoms with Crippen LogP contribution < -0.4 is 0 Å². The van der Waals surface area contributed by atoms with Gasteiger partial charge in [0.15, 0.2) is 0 Å². The molecule has 2 unspecified atom stereocenters. The molecule has 0 saturated heterocycles. The standard InChI is InChI=1S/C13H22O2/c1-12(2)7-8-13(11(14)15)6-4-3-5-10(13)9-12/h10H,3-9H2,1-2H3,(H,14,15). The Morgan fingerprint density at radius 1 is 1.20 bits per heavy atom. The van der Waals surface area contributed by atoms with Crippen molar-refractivity contribution in [3.63, 3.8) is 0 Å². The van der Waals surface area contributed by atoms with Gasteiger partial charge in [0.1, 0.15) is 0 Å². The third-order valence-corrected chi connectivity index (χ3v) is 4.68. The maximum Gasteiger partial charge on any atom is 0.309 e. The van der Waals surface area contributed by atoms with E-state index in [2.05, 4.69) is 13.8 Å². The number of hydrogen-bond acceptors (Lipinski definition) is 1. The van der Waals surface area contributed by atoms with Crippen molar-refractivity contribution < 1.29 is 9.90 Å². The lowest BCUT2D eigenvalue weighted by atomic mass is 9.54. The van der Waals surface area contributed by atoms with Crippen LogP contribution in [-0.2, 0) is 4.79 Å². The first-order valence-electron chi connectivity index (χ1n) is 6.20. The maximum absolute atomic E-state index is 11.5. The normalized spacial score (nSPS) is 39.5. The lowest BCUT2D eigenvalue weighted by molar-refractivity contribution is -0.161. The molecule has 0 radical (unpaired) electrons. The second-order valence-electron chi connectivity index (χ2n) is 6.27. The molecule has 2 aliphatic rings. The number of carbonyl (C=O) groups is 1. The average Bonchev–Trinajstić information content (AvgIpc) is 2.16. The molecule has 1 N–H and O–H groups in total. The second kappa shape index (κ2) is 3.50. The van der Waals surface area contributed by atoms with Gasteiger partial charge in [-0.3, -0.25) is 4.79 Å². The van der Waals surface area contributed by atoms with Crippen LogP contribution in [-0.4, -0.2) is 11.1 Å². The predicted octanol–water partition coefficient (Wildman–Crippen LogP) is 3.46. The molecule has 0 bridgehead atoms. The van der Waals surface area contributed by atoms with Gasteiger partial charge in [-0.25, -0.2) is 0 Å². The van der Waals surface area contributed by atoms with Crippen molar-refractivity contribution in [2.45, 2.75) is 58.8 Å². The first-order valence-corrected chi connectivity index (χ1v) is 6.20. The average molecular weight is 210 g/mol. The summed E-state index contributed by atoms with van der Waals surface area (Å²) >= 11 is 0. The largest absolute Gasteiger partial charge is 0.481 e. The van der Waals surface area contributed by atoms with Crippen molar-refractivity contribution in [2.75, 3.05) is 0 Å². The molecular formula is C13H22O2. The molecule has 2 heteroatoms. The molecule has 2 fully saturated rings. The van der Waals surface area contributed by atoms with Gasteiger partial charge >= 0.3 is 5.97 Å². The van der Waals surface area contributed by atoms with Crippen LogP contribution in [0, 0.1) is 16.7 Å². The summed E-state index contributed by atoms with van der Waals surface area (Å²) in [5.74, 6) is -0.0878. The lowest BCUT2D eigenvalue weighted by Crippen LogP contribution is -2.46. The zero-order valence-corrected chi connectivity index (χ0v) is 9.88. The zero-order valence-electron chi connectivity index (χ0n) is 9.88. The van der Waals surface area contributed by atoms with E-state index in [1.54, 1.807) is 0 Å². The summed E-state index contributed by atoms with van der Waals surface area (Å²) in [6.07, 6.45) is 7.49. The van der Waals surface area contributed by atoms with Gasteiger partial charge in [-0.2, -0.15) is 0 Å². The van der Waals surface area contributed by atoms with Gasteiger partial charge < -0.3 is 5.11 Å². The highest BCUT2D eigenvalue weighted by molar-refractivity contribution is 5.75. The van der Waals surface area contributed by atoms with Crippen molar-refractivity contribution in [1.29, 1.82) is 0 Å². The van der Waals surface area contributed by atoms with E-state index in [4.69, 9.17) is 0 Å². The minimum Gasteiger partial charge on any atom is -0.481 e. The van der Waals surface area contributed by atoms with E-state index in [0.29, 0.717) is 11.3 Å². The fraction of sp³-hybridized carbons (Fsp3) is 0.923. The van der Waals surface area contributed by atoms with E-state index in [9.17, 15) is 9.90 Å². The topological polar surface area (TPSA) is 37.3 Å². The highest BCUT2D eigenvalue weighted by Gasteiger charge is 2.51. The zero-order chi connectivity index (χ0) is 11.1. The van der Waals surface area contributed by atoms with Crippen molar-refractivity contribution in [3.05, 3.63) is 0 Å². The molecular weight excluding hydrogens is 188 g/mol. The van der Waals surface area contributed by atoms with E-state index >= 15 is 0 Å². The quantitative estimate of drug-likeness (QED) is 0.719. The minimum atomic E-state index is -0.525. The molecule has 2 atom stereocenters. The molecule has 0 aromatic heterocycles. The Morgan fingerprint density at radius 2 is 1.93 bits per heavy atom. The molecule has 86 valence electrons. The number of rotatable bonds is 1. The summed E-state index contributed by atoms with van der Waals surface area (Å²) in [4.78, 5) is 11.5. The molecule has 0 aliphatic heterocycles. The smallest absolute Gasteiger partial charge is 0.309 e. The Bertz CT molecular complexity index is 270. The van der Waals surface area contributed by atoms with Crippen molar-refractivity contribution in [2.24, 2.45) is 16.7 Å². The summed E-state index contributed by atoms with van der Waals surface area (Å²) in [6, 6.07) is 0. The van der Waals surface area contributed by atoms with E-state index in [0.717, 1.165) is 38.5 Å².